The Morgan fingerprint density at radius 3 is 2.71 bits per heavy atom. The van der Waals surface area contributed by atoms with Crippen LogP contribution in [0.2, 0.25) is 0 Å². The number of nitrogens with two attached hydrogens (primary N) is 1. The van der Waals surface area contributed by atoms with Gasteiger partial charge in [-0.05, 0) is 31.2 Å². The second-order valence-electron chi connectivity index (χ2n) is 5.95. The van der Waals surface area contributed by atoms with Crippen LogP contribution in [0.25, 0.3) is 0 Å². The molecule has 0 saturated heterocycles. The summed E-state index contributed by atoms with van der Waals surface area (Å²) in [5.74, 6) is -0.142. The summed E-state index contributed by atoms with van der Waals surface area (Å²) in [6.45, 7) is 0. The normalized spacial score (nSPS) is 24.1. The molecule has 3 atom stereocenters. The summed E-state index contributed by atoms with van der Waals surface area (Å²) in [4.78, 5) is 12.1. The number of nitrogens with one attached hydrogen (secondary N) is 1. The Morgan fingerprint density at radius 2 is 1.95 bits per heavy atom. The average molecular weight is 290 g/mol. The molecule has 0 heterocycles. The van der Waals surface area contributed by atoms with Gasteiger partial charge in [0.05, 0.1) is 18.2 Å². The number of hydrogen-bond acceptors (Lipinski definition) is 3. The third kappa shape index (κ3) is 5.14. The van der Waals surface area contributed by atoms with Crippen LogP contribution in [0.4, 0.5) is 0 Å². The summed E-state index contributed by atoms with van der Waals surface area (Å²) >= 11 is 0. The van der Waals surface area contributed by atoms with Gasteiger partial charge in [0.2, 0.25) is 5.91 Å². The van der Waals surface area contributed by atoms with Crippen molar-refractivity contribution in [1.29, 1.82) is 0 Å². The van der Waals surface area contributed by atoms with Crippen LogP contribution in [0, 0.1) is 0 Å². The van der Waals surface area contributed by atoms with Gasteiger partial charge in [-0.15, -0.1) is 0 Å². The van der Waals surface area contributed by atoms with Gasteiger partial charge in [0.15, 0.2) is 0 Å². The van der Waals surface area contributed by atoms with Gasteiger partial charge in [-0.3, -0.25) is 4.79 Å². The number of carbonyl (C=O) groups excluding carboxylic acids is 1. The van der Waals surface area contributed by atoms with Crippen molar-refractivity contribution in [3.63, 3.8) is 0 Å². The Balaban J connectivity index is 1.79. The average Bonchev–Trinajstić information content (AvgIpc) is 2.71. The molecule has 0 spiro atoms. The van der Waals surface area contributed by atoms with Gasteiger partial charge in [0.25, 0.3) is 0 Å². The highest BCUT2D eigenvalue weighted by Crippen LogP contribution is 2.18. The highest BCUT2D eigenvalue weighted by molar-refractivity contribution is 5.81. The lowest BCUT2D eigenvalue weighted by molar-refractivity contribution is -0.124. The quantitative estimate of drug-likeness (QED) is 0.723. The molecule has 1 aromatic carbocycles. The molecule has 0 aliphatic heterocycles. The van der Waals surface area contributed by atoms with Crippen LogP contribution in [0.3, 0.4) is 0 Å². The van der Waals surface area contributed by atoms with Gasteiger partial charge < -0.3 is 16.2 Å². The molecule has 4 nitrogen and oxygen atoms in total. The van der Waals surface area contributed by atoms with Gasteiger partial charge in [-0.25, -0.2) is 0 Å². The first-order valence-corrected chi connectivity index (χ1v) is 7.95. The highest BCUT2D eigenvalue weighted by Gasteiger charge is 2.25. The minimum absolute atomic E-state index is 0.136. The van der Waals surface area contributed by atoms with Crippen LogP contribution in [0.5, 0.6) is 0 Å². The predicted octanol–water partition coefficient (Wildman–Crippen LogP) is 1.76. The first kappa shape index (κ1) is 16.0. The fraction of sp³-hybridized carbons (Fsp3) is 0.588. The fourth-order valence-electron chi connectivity index (χ4n) is 2.84. The zero-order valence-electron chi connectivity index (χ0n) is 12.5. The van der Waals surface area contributed by atoms with E-state index in [0.717, 1.165) is 38.5 Å². The molecule has 116 valence electrons. The number of amides is 1. The molecular formula is C17H26N2O2. The molecule has 1 aliphatic carbocycles. The van der Waals surface area contributed by atoms with Gasteiger partial charge in [-0.1, -0.05) is 49.6 Å². The Kier molecular flexibility index (Phi) is 6.21. The lowest BCUT2D eigenvalue weighted by Gasteiger charge is -2.23. The number of carbonyl (C=O) groups is 1. The van der Waals surface area contributed by atoms with Crippen molar-refractivity contribution >= 4 is 5.91 Å². The van der Waals surface area contributed by atoms with E-state index in [4.69, 9.17) is 5.73 Å². The van der Waals surface area contributed by atoms with Crippen molar-refractivity contribution in [3.05, 3.63) is 35.9 Å². The maximum absolute atomic E-state index is 12.1. The second-order valence-corrected chi connectivity index (χ2v) is 5.95. The van der Waals surface area contributed by atoms with Crippen LogP contribution >= 0.6 is 0 Å². The van der Waals surface area contributed by atoms with E-state index < -0.39 is 12.1 Å². The Hall–Kier alpha value is -1.39. The minimum atomic E-state index is -0.513. The predicted molar refractivity (Wildman–Crippen MR) is 83.8 cm³/mol. The largest absolute Gasteiger partial charge is 0.391 e. The molecule has 2 unspecified atom stereocenters. The van der Waals surface area contributed by atoms with Gasteiger partial charge in [0, 0.05) is 0 Å². The molecule has 0 bridgehead atoms. The van der Waals surface area contributed by atoms with E-state index in [9.17, 15) is 9.90 Å². The summed E-state index contributed by atoms with van der Waals surface area (Å²) in [6, 6.07) is 9.39. The topological polar surface area (TPSA) is 75.4 Å². The summed E-state index contributed by atoms with van der Waals surface area (Å²) < 4.78 is 0. The van der Waals surface area contributed by atoms with Crippen molar-refractivity contribution < 1.29 is 9.90 Å². The van der Waals surface area contributed by atoms with Crippen molar-refractivity contribution in [3.8, 4) is 0 Å². The Labute approximate surface area is 126 Å². The van der Waals surface area contributed by atoms with Crippen molar-refractivity contribution in [2.45, 2.75) is 63.1 Å². The highest BCUT2D eigenvalue weighted by atomic mass is 16.3. The first-order valence-electron chi connectivity index (χ1n) is 7.95. The smallest absolute Gasteiger partial charge is 0.237 e. The minimum Gasteiger partial charge on any atom is -0.391 e. The van der Waals surface area contributed by atoms with E-state index >= 15 is 0 Å². The van der Waals surface area contributed by atoms with Crippen LogP contribution < -0.4 is 11.1 Å². The number of hydrogen-bond donors (Lipinski definition) is 3. The molecule has 1 aromatic rings. The third-order valence-corrected chi connectivity index (χ3v) is 4.23. The molecule has 0 aromatic heterocycles. The standard InChI is InChI=1S/C17H26N2O2/c18-14(12-11-13-7-3-1-4-8-13)17(21)19-15-9-5-2-6-10-16(15)20/h1,3-4,7-8,14-16,20H,2,5-6,9-12,18H2,(H,19,21)/t14-,15?,16?/m0/s1. The van der Waals surface area contributed by atoms with Crippen LogP contribution in [0.1, 0.15) is 44.1 Å². The fourth-order valence-corrected chi connectivity index (χ4v) is 2.84. The molecule has 1 fully saturated rings. The molecule has 4 heteroatoms. The summed E-state index contributed by atoms with van der Waals surface area (Å²) in [6.07, 6.45) is 5.82. The van der Waals surface area contributed by atoms with Crippen molar-refractivity contribution in [2.24, 2.45) is 5.73 Å². The third-order valence-electron chi connectivity index (χ3n) is 4.23. The molecule has 0 radical (unpaired) electrons. The number of aryl methyl sites for hydroxylation is 1. The number of rotatable bonds is 5. The van der Waals surface area contributed by atoms with Crippen LogP contribution in [0.15, 0.2) is 30.3 Å². The van der Waals surface area contributed by atoms with Gasteiger partial charge in [-0.2, -0.15) is 0 Å². The zero-order valence-corrected chi connectivity index (χ0v) is 12.5. The summed E-state index contributed by atoms with van der Waals surface area (Å²) in [5.41, 5.74) is 7.16. The second kappa shape index (κ2) is 8.15. The van der Waals surface area contributed by atoms with Crippen molar-refractivity contribution in [1.82, 2.24) is 5.32 Å². The number of benzene rings is 1. The SMILES string of the molecule is N[C@@H](CCc1ccccc1)C(=O)NC1CCCCCC1O. The number of aliphatic hydroxyl groups excluding tert-OH is 1. The summed E-state index contributed by atoms with van der Waals surface area (Å²) in [7, 11) is 0. The van der Waals surface area contributed by atoms with Crippen molar-refractivity contribution in [2.75, 3.05) is 0 Å². The lowest BCUT2D eigenvalue weighted by Crippen LogP contribution is -2.49. The Bertz CT molecular complexity index is 436. The molecule has 2 rings (SSSR count). The van der Waals surface area contributed by atoms with Gasteiger partial charge in [0.1, 0.15) is 0 Å². The lowest BCUT2D eigenvalue weighted by atomic mass is 10.0. The zero-order chi connectivity index (χ0) is 15.1. The van der Waals surface area contributed by atoms with Crippen LogP contribution in [-0.4, -0.2) is 29.2 Å². The first-order chi connectivity index (χ1) is 10.2. The van der Waals surface area contributed by atoms with E-state index in [1.54, 1.807) is 0 Å². The maximum Gasteiger partial charge on any atom is 0.237 e. The van der Waals surface area contributed by atoms with Crippen LogP contribution in [-0.2, 0) is 11.2 Å². The number of aliphatic hydroxyl groups is 1. The van der Waals surface area contributed by atoms with E-state index in [1.807, 2.05) is 30.3 Å². The molecule has 1 saturated carbocycles. The van der Waals surface area contributed by atoms with E-state index in [0.29, 0.717) is 6.42 Å². The summed E-state index contributed by atoms with van der Waals surface area (Å²) in [5, 5.41) is 13.0. The maximum atomic E-state index is 12.1. The van der Waals surface area contributed by atoms with Gasteiger partial charge >= 0.3 is 0 Å². The van der Waals surface area contributed by atoms with E-state index in [1.165, 1.54) is 5.56 Å². The molecule has 4 N–H and O–H groups in total. The molecule has 21 heavy (non-hydrogen) atoms. The molecular weight excluding hydrogens is 264 g/mol. The Morgan fingerprint density at radius 1 is 1.24 bits per heavy atom. The van der Waals surface area contributed by atoms with E-state index in [2.05, 4.69) is 5.32 Å². The monoisotopic (exact) mass is 290 g/mol. The molecule has 1 amide bonds. The molecule has 1 aliphatic rings. The van der Waals surface area contributed by atoms with E-state index in [-0.39, 0.29) is 11.9 Å².